The van der Waals surface area contributed by atoms with Gasteiger partial charge in [-0.1, -0.05) is 152 Å². The minimum Gasteiger partial charge on any atom is -1.00 e. The van der Waals surface area contributed by atoms with E-state index in [0.717, 1.165) is 25.7 Å². The summed E-state index contributed by atoms with van der Waals surface area (Å²) in [6.07, 6.45) is 48.6. The number of halogens is 2. The summed E-state index contributed by atoms with van der Waals surface area (Å²) >= 11 is 0. The van der Waals surface area contributed by atoms with E-state index in [1.165, 1.54) is 75.5 Å². The summed E-state index contributed by atoms with van der Waals surface area (Å²) in [5.74, 6) is 0. The maximum absolute atomic E-state index is 3.55. The SMILES string of the molecule is CCC[Si]1(C2=[C-]CC=C2)CCC1.CCC[Si]1(C2=[C-]CC=C2)CCC1.CCC[Si]1(C2=[C-]CC=C2)CCC1.CCC[Si]1(C2=[C-]CC=C2)CCC1.[Cl-].[Cl-].[Ti+2].[Ti+2]. The summed E-state index contributed by atoms with van der Waals surface area (Å²) in [5.41, 5.74) is 0. The van der Waals surface area contributed by atoms with Gasteiger partial charge in [0.25, 0.3) is 0 Å². The molecule has 0 aromatic carbocycles. The van der Waals surface area contributed by atoms with E-state index < -0.39 is 32.3 Å². The van der Waals surface area contributed by atoms with Crippen LogP contribution in [0.25, 0.3) is 0 Å². The molecule has 8 aliphatic rings. The predicted octanol–water partition coefficient (Wildman–Crippen LogP) is 7.91. The molecule has 0 spiro atoms. The van der Waals surface area contributed by atoms with Crippen molar-refractivity contribution in [3.05, 3.63) is 93.7 Å². The van der Waals surface area contributed by atoms with Gasteiger partial charge in [0.2, 0.25) is 0 Å². The smallest absolute Gasteiger partial charge is 1.00 e. The zero-order valence-electron chi connectivity index (χ0n) is 33.3. The molecule has 8 heteroatoms. The van der Waals surface area contributed by atoms with Gasteiger partial charge in [-0.2, -0.15) is 24.3 Å². The zero-order chi connectivity index (χ0) is 33.8. The van der Waals surface area contributed by atoms with Gasteiger partial charge < -0.3 is 24.8 Å². The Morgan fingerprint density at radius 3 is 0.673 bits per heavy atom. The Morgan fingerprint density at radius 2 is 0.577 bits per heavy atom. The van der Waals surface area contributed by atoms with E-state index in [0.29, 0.717) is 0 Å². The second-order valence-electron chi connectivity index (χ2n) is 16.3. The van der Waals surface area contributed by atoms with E-state index in [1.807, 2.05) is 0 Å². The Hall–Kier alpha value is 0.796. The summed E-state index contributed by atoms with van der Waals surface area (Å²) in [6.45, 7) is 9.30. The average molecular weight is 876 g/mol. The fourth-order valence-corrected chi connectivity index (χ4v) is 27.7. The zero-order valence-corrected chi connectivity index (χ0v) is 42.0. The van der Waals surface area contributed by atoms with Gasteiger partial charge in [0.1, 0.15) is 0 Å². The largest absolute Gasteiger partial charge is 2.00 e. The van der Waals surface area contributed by atoms with Crippen LogP contribution in [0.15, 0.2) is 69.4 Å². The molecule has 4 fully saturated rings. The van der Waals surface area contributed by atoms with Crippen LogP contribution >= 0.6 is 0 Å². The van der Waals surface area contributed by atoms with Crippen molar-refractivity contribution in [3.63, 3.8) is 0 Å². The van der Waals surface area contributed by atoms with Crippen molar-refractivity contribution in [1.82, 2.24) is 0 Å². The first kappa shape index (κ1) is 50.8. The van der Waals surface area contributed by atoms with E-state index in [4.69, 9.17) is 0 Å². The molecule has 0 atom stereocenters. The maximum atomic E-state index is 3.55. The van der Waals surface area contributed by atoms with E-state index in [9.17, 15) is 0 Å². The minimum absolute atomic E-state index is 0. The first-order valence-corrected chi connectivity index (χ1v) is 31.1. The van der Waals surface area contributed by atoms with Crippen LogP contribution in [0.5, 0.6) is 0 Å². The van der Waals surface area contributed by atoms with Crippen molar-refractivity contribution >= 4 is 32.3 Å². The van der Waals surface area contributed by atoms with Crippen LogP contribution < -0.4 is 24.8 Å². The fraction of sp³-hybridized carbons (Fsp3) is 0.636. The van der Waals surface area contributed by atoms with Gasteiger partial charge in [0.05, 0.1) is 0 Å². The van der Waals surface area contributed by atoms with Crippen molar-refractivity contribution in [1.29, 1.82) is 0 Å². The molecule has 52 heavy (non-hydrogen) atoms. The van der Waals surface area contributed by atoms with Gasteiger partial charge in [-0.3, -0.25) is 24.3 Å². The number of hydrogen-bond acceptors (Lipinski definition) is 0. The molecule has 0 N–H and O–H groups in total. The summed E-state index contributed by atoms with van der Waals surface area (Å²) < 4.78 is 0. The molecule has 0 amide bonds. The molecule has 8 rings (SSSR count). The molecule has 4 heterocycles. The molecular weight excluding hydrogens is 807 g/mol. The summed E-state index contributed by atoms with van der Waals surface area (Å²) in [5, 5.41) is 6.65. The van der Waals surface area contributed by atoms with Crippen LogP contribution in [-0.4, -0.2) is 32.3 Å². The number of allylic oxidation sites excluding steroid dienone is 16. The molecule has 4 aliphatic heterocycles. The Labute approximate surface area is 368 Å². The van der Waals surface area contributed by atoms with Crippen molar-refractivity contribution < 1.29 is 68.2 Å². The first-order valence-electron chi connectivity index (χ1n) is 20.6. The topological polar surface area (TPSA) is 0 Å². The molecule has 4 aliphatic carbocycles. The maximum Gasteiger partial charge on any atom is 2.00 e. The molecular formula is C44H68Cl2Si4Ti2-2. The molecule has 0 unspecified atom stereocenters. The quantitative estimate of drug-likeness (QED) is 0.138. The Kier molecular flexibility index (Phi) is 24.6. The second kappa shape index (κ2) is 25.2. The monoisotopic (exact) mass is 874 g/mol. The molecule has 4 saturated heterocycles. The van der Waals surface area contributed by atoms with Crippen molar-refractivity contribution in [2.75, 3.05) is 0 Å². The summed E-state index contributed by atoms with van der Waals surface area (Å²) in [7, 11) is -3.56. The molecule has 0 saturated carbocycles. The minimum atomic E-state index is -0.891. The third kappa shape index (κ3) is 12.4. The molecule has 0 aromatic heterocycles. The Balaban J connectivity index is 0.000000338. The van der Waals surface area contributed by atoms with Crippen LogP contribution in [0.3, 0.4) is 0 Å². The third-order valence-electron chi connectivity index (χ3n) is 13.2. The molecule has 0 aromatic rings. The standard InChI is InChI=1S/4C11H17Si.2ClH.2Ti/c4*1-2-8-12(9-5-10-12)11-6-3-4-7-11;;;;/h4*3,6H,2,4-5,8-10H2,1H3;2*1H;;/q4*-1;;;2*+2/p-2. The van der Waals surface area contributed by atoms with Gasteiger partial charge in [0, 0.05) is 32.3 Å². The van der Waals surface area contributed by atoms with Crippen molar-refractivity contribution in [3.8, 4) is 0 Å². The fourth-order valence-electron chi connectivity index (χ4n) is 10.0. The molecule has 0 nitrogen and oxygen atoms in total. The second-order valence-corrected chi connectivity index (χ2v) is 34.7. The van der Waals surface area contributed by atoms with Crippen LogP contribution in [0.2, 0.25) is 72.5 Å². The number of rotatable bonds is 12. The van der Waals surface area contributed by atoms with Crippen molar-refractivity contribution in [2.45, 2.75) is 177 Å². The van der Waals surface area contributed by atoms with Gasteiger partial charge in [-0.15, -0.1) is 25.7 Å². The third-order valence-corrected chi connectivity index (χ3v) is 35.5. The van der Waals surface area contributed by atoms with Gasteiger partial charge in [-0.25, -0.2) is 45.1 Å². The van der Waals surface area contributed by atoms with Crippen LogP contribution in [0.1, 0.15) is 105 Å². The van der Waals surface area contributed by atoms with Crippen LogP contribution in [0.4, 0.5) is 0 Å². The Bertz CT molecular complexity index is 1110. The van der Waals surface area contributed by atoms with Gasteiger partial charge in [-0.05, 0) is 0 Å². The molecule has 0 bridgehead atoms. The predicted molar refractivity (Wildman–Crippen MR) is 222 cm³/mol. The van der Waals surface area contributed by atoms with Crippen LogP contribution in [-0.2, 0) is 43.4 Å². The van der Waals surface area contributed by atoms with E-state index in [1.54, 1.807) is 69.1 Å². The normalized spacial score (nSPS) is 23.3. The summed E-state index contributed by atoms with van der Waals surface area (Å²) in [4.78, 5) is 0. The van der Waals surface area contributed by atoms with E-state index >= 15 is 0 Å². The average Bonchev–Trinajstić information content (AvgIpc) is 3.86. The number of hydrogen-bond donors (Lipinski definition) is 0. The first-order chi connectivity index (χ1) is 23.5. The van der Waals surface area contributed by atoms with Crippen molar-refractivity contribution in [2.24, 2.45) is 0 Å². The van der Waals surface area contributed by atoms with Gasteiger partial charge in [0.15, 0.2) is 0 Å². The van der Waals surface area contributed by atoms with E-state index in [2.05, 4.69) is 101 Å². The van der Waals surface area contributed by atoms with Gasteiger partial charge >= 0.3 is 43.4 Å². The molecule has 0 radical (unpaired) electrons. The Morgan fingerprint density at radius 1 is 0.385 bits per heavy atom. The van der Waals surface area contributed by atoms with Crippen LogP contribution in [0, 0.1) is 24.3 Å². The molecule has 284 valence electrons. The summed E-state index contributed by atoms with van der Waals surface area (Å²) in [6, 6.07) is 18.4. The van der Waals surface area contributed by atoms with E-state index in [-0.39, 0.29) is 68.2 Å².